The molecule has 0 bridgehead atoms. The maximum Gasteiger partial charge on any atom is 0.0441 e. The second-order valence-electron chi connectivity index (χ2n) is 41.5. The van der Waals surface area contributed by atoms with Crippen molar-refractivity contribution < 1.29 is 0 Å². The van der Waals surface area contributed by atoms with E-state index >= 15 is 0 Å². The van der Waals surface area contributed by atoms with Crippen LogP contribution in [0.1, 0.15) is 375 Å². The van der Waals surface area contributed by atoms with E-state index in [0.717, 1.165) is 38.5 Å². The molecule has 0 fully saturated rings. The molecule has 0 saturated carbocycles. The molecule has 13 aromatic carbocycles. The van der Waals surface area contributed by atoms with Crippen molar-refractivity contribution in [1.29, 1.82) is 0 Å². The predicted molar refractivity (Wildman–Crippen MR) is 621 cm³/mol. The van der Waals surface area contributed by atoms with Gasteiger partial charge in [-0.2, -0.15) is 0 Å². The van der Waals surface area contributed by atoms with E-state index in [9.17, 15) is 0 Å². The van der Waals surface area contributed by atoms with Gasteiger partial charge < -0.3 is 0 Å². The van der Waals surface area contributed by atoms with E-state index in [1.165, 1.54) is 400 Å². The van der Waals surface area contributed by atoms with Crippen LogP contribution < -0.4 is 0 Å². The fourth-order valence-corrected chi connectivity index (χ4v) is 23.2. The third-order valence-corrected chi connectivity index (χ3v) is 31.0. The molecule has 0 nitrogen and oxygen atoms in total. The molecular weight excluding hydrogens is 1710 g/mol. The zero-order chi connectivity index (χ0) is 97.5. The van der Waals surface area contributed by atoms with Crippen molar-refractivity contribution in [2.75, 3.05) is 0 Å². The molecule has 734 valence electrons. The van der Waals surface area contributed by atoms with E-state index in [1.54, 1.807) is 0 Å². The van der Waals surface area contributed by atoms with Gasteiger partial charge in [0.15, 0.2) is 0 Å². The summed E-state index contributed by atoms with van der Waals surface area (Å²) in [5.74, 6) is 0. The fraction of sp³-hybridized carbons (Fsp3) is 0.366. The largest absolute Gasteiger partial charge is 0.0751 e. The summed E-state index contributed by atoms with van der Waals surface area (Å²) < 4.78 is 0. The van der Waals surface area contributed by atoms with Gasteiger partial charge in [0.1, 0.15) is 0 Å². The van der Waals surface area contributed by atoms with E-state index in [2.05, 4.69) is 404 Å². The molecule has 0 spiro atoms. The molecule has 15 rings (SSSR count). The first-order valence-corrected chi connectivity index (χ1v) is 56.7. The zero-order valence-electron chi connectivity index (χ0n) is 87.3. The number of rotatable bonds is 60. The van der Waals surface area contributed by atoms with Gasteiger partial charge >= 0.3 is 0 Å². The van der Waals surface area contributed by atoms with Crippen LogP contribution >= 0.6 is 0 Å². The number of unbranched alkanes of at least 4 members (excludes halogenated alkanes) is 36. The molecule has 2 aliphatic rings. The zero-order valence-corrected chi connectivity index (χ0v) is 87.3. The lowest BCUT2D eigenvalue weighted by Gasteiger charge is -2.48. The van der Waals surface area contributed by atoms with Gasteiger partial charge in [-0.15, -0.1) is 0 Å². The highest BCUT2D eigenvalue weighted by atomic mass is 14.5. The van der Waals surface area contributed by atoms with Gasteiger partial charge in [0.25, 0.3) is 0 Å². The van der Waals surface area contributed by atoms with Gasteiger partial charge in [-0.1, -0.05) is 635 Å². The van der Waals surface area contributed by atoms with Crippen LogP contribution in [0.25, 0.3) is 77.9 Å². The number of benzene rings is 13. The Hall–Kier alpha value is -11.7. The van der Waals surface area contributed by atoms with Gasteiger partial charge in [-0.25, -0.2) is 0 Å². The lowest BCUT2D eigenvalue weighted by Crippen LogP contribution is -2.37. The van der Waals surface area contributed by atoms with Crippen LogP contribution in [0.2, 0.25) is 0 Å². The van der Waals surface area contributed by atoms with E-state index in [-0.39, 0.29) is 0 Å². The lowest BCUT2D eigenvalue weighted by atomic mass is 9.54. The van der Waals surface area contributed by atoms with Gasteiger partial charge in [0.2, 0.25) is 0 Å². The molecule has 13 aromatic rings. The Labute approximate surface area is 859 Å². The Bertz CT molecular complexity index is 5570. The quantitative estimate of drug-likeness (QED) is 0.0263. The van der Waals surface area contributed by atoms with Gasteiger partial charge in [-0.05, 0) is 220 Å². The van der Waals surface area contributed by atoms with Crippen molar-refractivity contribution in [3.63, 3.8) is 0 Å². The topological polar surface area (TPSA) is 0 Å². The van der Waals surface area contributed by atoms with Crippen LogP contribution in [0.15, 0.2) is 376 Å². The summed E-state index contributed by atoms with van der Waals surface area (Å²) in [6.07, 6.45) is 73.8. The van der Waals surface area contributed by atoms with Crippen molar-refractivity contribution in [2.24, 2.45) is 0 Å². The number of aryl methyl sites for hydroxylation is 4. The molecule has 0 amide bonds. The third kappa shape index (κ3) is 28.9. The van der Waals surface area contributed by atoms with E-state index in [0.29, 0.717) is 12.8 Å². The van der Waals surface area contributed by atoms with Crippen LogP contribution in [0.4, 0.5) is 0 Å². The Morgan fingerprint density at radius 2 is 0.373 bits per heavy atom. The van der Waals surface area contributed by atoms with Crippen LogP contribution in [0.5, 0.6) is 0 Å². The molecule has 142 heavy (non-hydrogen) atoms. The Kier molecular flexibility index (Phi) is 42.4. The monoisotopic (exact) mass is 1870 g/mol. The molecular formula is C142H166. The minimum absolute atomic E-state index is 0.610. The average Bonchev–Trinajstić information content (AvgIpc) is 0.677. The Morgan fingerprint density at radius 3 is 0.577 bits per heavy atom. The lowest BCUT2D eigenvalue weighted by molar-refractivity contribution is 0.556. The molecule has 2 unspecified atom stereocenters. The number of allylic oxidation sites excluding steroid dienone is 10. The van der Waals surface area contributed by atoms with Crippen molar-refractivity contribution in [2.45, 2.75) is 334 Å². The molecule has 0 heteroatoms. The first-order chi connectivity index (χ1) is 70.4. The molecule has 0 aromatic heterocycles. The van der Waals surface area contributed by atoms with Crippen LogP contribution in [-0.2, 0) is 36.5 Å². The Morgan fingerprint density at radius 1 is 0.183 bits per heavy atom. The smallest absolute Gasteiger partial charge is 0.0441 e. The van der Waals surface area contributed by atoms with Gasteiger partial charge in [-0.3, -0.25) is 0 Å². The van der Waals surface area contributed by atoms with Crippen molar-refractivity contribution in [3.05, 3.63) is 454 Å². The molecule has 0 aliphatic heterocycles. The summed E-state index contributed by atoms with van der Waals surface area (Å²) in [5, 5.41) is 0. The second-order valence-corrected chi connectivity index (χ2v) is 41.5. The fourth-order valence-electron chi connectivity index (χ4n) is 23.2. The Balaban J connectivity index is 1.12. The standard InChI is InChI=1S/C142H166/c1-5-9-13-17-21-25-29-33-37-49-69-113-89-97-125(98-90-113)133-134(126-99-91-114(92-100-126)70-50-38-34-30-26-22-18-14-10-6-2)136(128-103-95-116(96-104-128)72-52-40-36-32-28-24-20-16-12-8-4)140(142(111-107-120(108-112-142)118-75-55-42-56-76-118)138(130-87-67-48-68-88-130)132(123-81-61-45-62-82-123)124-83-63-46-64-84-124)139(135(133)127-101-93-115(94-102-127)71-51-39-35-31-27-23-19-15-11-7-3)141(109-105-119(106-110-141)117-73-53-41-54-74-117)137(129-85-65-47-66-86-129)131(121-77-57-43-58-78-121)122-79-59-44-60-80-122/h41-48,53-68,73-109,111H,5-40,49-52,69-72,110,112H2,1-4H3. The molecule has 2 atom stereocenters. The minimum atomic E-state index is -1.04. The summed E-state index contributed by atoms with van der Waals surface area (Å²) in [4.78, 5) is 0. The average molecular weight is 1870 g/mol. The maximum atomic E-state index is 2.78. The molecule has 0 saturated heterocycles. The number of hydrogen-bond donors (Lipinski definition) is 0. The normalized spacial score (nSPS) is 14.5. The van der Waals surface area contributed by atoms with Crippen molar-refractivity contribution >= 4 is 33.4 Å². The summed E-state index contributed by atoms with van der Waals surface area (Å²) in [6.45, 7) is 9.33. The van der Waals surface area contributed by atoms with Gasteiger partial charge in [0.05, 0.1) is 0 Å². The van der Waals surface area contributed by atoms with Crippen LogP contribution in [0, 0.1) is 0 Å². The summed E-state index contributed by atoms with van der Waals surface area (Å²) in [7, 11) is 0. The van der Waals surface area contributed by atoms with Crippen molar-refractivity contribution in [3.8, 4) is 44.5 Å². The highest BCUT2D eigenvalue weighted by Crippen LogP contribution is 2.65. The maximum absolute atomic E-state index is 2.78. The summed E-state index contributed by atoms with van der Waals surface area (Å²) >= 11 is 0. The summed E-state index contributed by atoms with van der Waals surface area (Å²) in [5.41, 5.74) is 33.0. The number of hydrogen-bond acceptors (Lipinski definition) is 0. The first kappa shape index (κ1) is 105. The van der Waals surface area contributed by atoms with Crippen LogP contribution in [0.3, 0.4) is 0 Å². The first-order valence-electron chi connectivity index (χ1n) is 56.7. The highest BCUT2D eigenvalue weighted by molar-refractivity contribution is 6.13. The van der Waals surface area contributed by atoms with Crippen molar-refractivity contribution in [1.82, 2.24) is 0 Å². The molecule has 2 aliphatic carbocycles. The van der Waals surface area contributed by atoms with Gasteiger partial charge in [0, 0.05) is 10.8 Å². The summed E-state index contributed by atoms with van der Waals surface area (Å²) in [6, 6.07) is 134. The molecule has 0 heterocycles. The van der Waals surface area contributed by atoms with E-state index in [4.69, 9.17) is 0 Å². The van der Waals surface area contributed by atoms with Crippen LogP contribution in [-0.4, -0.2) is 0 Å². The molecule has 0 radical (unpaired) electrons. The minimum Gasteiger partial charge on any atom is -0.0751 e. The second kappa shape index (κ2) is 57.6. The SMILES string of the molecule is CCCCCCCCCCCCc1ccc(-c2c(-c3ccc(CCCCCCCCCCCC)cc3)c(-c3ccc(CCCCCCCCCCCC)cc3)c(C3(C(=C(c4ccccc4)c4ccccc4)c4ccccc4)C=CC(c4ccccc4)=CC3)c(C3(C(=C(c4ccccc4)c4ccccc4)c4ccccc4)C=CC(c4ccccc4)=CC3)c2-c2ccc(CCCCCCCCCCCC)cc2)cc1. The molecule has 0 N–H and O–H groups in total. The van der Waals surface area contributed by atoms with E-state index in [1.807, 2.05) is 0 Å². The highest BCUT2D eigenvalue weighted by Gasteiger charge is 2.51. The predicted octanol–water partition coefficient (Wildman–Crippen LogP) is 42.1. The van der Waals surface area contributed by atoms with E-state index < -0.39 is 10.8 Å². The third-order valence-electron chi connectivity index (χ3n) is 31.0.